The minimum Gasteiger partial charge on any atom is -0.481 e. The molecule has 2 aromatic rings. The molecule has 1 heterocycles. The summed E-state index contributed by atoms with van der Waals surface area (Å²) in [6.45, 7) is 9.85. The Morgan fingerprint density at radius 1 is 1.11 bits per heavy atom. The highest BCUT2D eigenvalue weighted by molar-refractivity contribution is 5.97. The topological polar surface area (TPSA) is 41.6 Å². The number of nitrogens with zero attached hydrogens (tertiary/aromatic N) is 1. The quantitative estimate of drug-likeness (QED) is 0.777. The van der Waals surface area contributed by atoms with Crippen LogP contribution < -0.4 is 15.0 Å². The number of rotatable bonds is 5. The van der Waals surface area contributed by atoms with E-state index in [9.17, 15) is 9.18 Å². The number of hydrogen-bond donors (Lipinski definition) is 1. The summed E-state index contributed by atoms with van der Waals surface area (Å²) in [5.74, 6) is -0.186. The van der Waals surface area contributed by atoms with Gasteiger partial charge in [0.1, 0.15) is 17.3 Å². The maximum Gasteiger partial charge on any atom is 0.265 e. The molecule has 0 radical (unpaired) electrons. The third kappa shape index (κ3) is 4.64. The Morgan fingerprint density at radius 3 is 2.36 bits per heavy atom. The summed E-state index contributed by atoms with van der Waals surface area (Å²) < 4.78 is 20.2. The van der Waals surface area contributed by atoms with Crippen LogP contribution in [0.3, 0.4) is 0 Å². The van der Waals surface area contributed by atoms with Gasteiger partial charge in [-0.2, -0.15) is 0 Å². The van der Waals surface area contributed by atoms with E-state index in [1.54, 1.807) is 13.0 Å². The molecule has 1 N–H and O–H groups in total. The number of halogens is 1. The van der Waals surface area contributed by atoms with Crippen LogP contribution in [0.5, 0.6) is 5.75 Å². The predicted octanol–water partition coefficient (Wildman–Crippen LogP) is 5.13. The number of para-hydroxylation sites is 1. The third-order valence-corrected chi connectivity index (χ3v) is 5.09. The molecule has 1 atom stereocenters. The van der Waals surface area contributed by atoms with Gasteiger partial charge >= 0.3 is 0 Å². The predicted molar refractivity (Wildman–Crippen MR) is 112 cm³/mol. The first-order valence-corrected chi connectivity index (χ1v) is 9.87. The Hall–Kier alpha value is -2.56. The standard InChI is InChI=1S/C23H29FN2O2/c1-16(28-18-12-10-17(11-13-18)23(2,3)4)22(27)25-21-19(24)8-7-9-20(21)26-14-5-6-15-26/h7-13,16H,5-6,14-15H2,1-4H3,(H,25,27). The largest absolute Gasteiger partial charge is 0.481 e. The van der Waals surface area contributed by atoms with E-state index in [0.717, 1.165) is 31.6 Å². The lowest BCUT2D eigenvalue weighted by atomic mass is 9.87. The molecule has 4 nitrogen and oxygen atoms in total. The van der Waals surface area contributed by atoms with Crippen molar-refractivity contribution in [1.82, 2.24) is 0 Å². The Balaban J connectivity index is 1.69. The molecular formula is C23H29FN2O2. The summed E-state index contributed by atoms with van der Waals surface area (Å²) >= 11 is 0. The maximum atomic E-state index is 14.4. The number of hydrogen-bond acceptors (Lipinski definition) is 3. The van der Waals surface area contributed by atoms with Crippen molar-refractivity contribution < 1.29 is 13.9 Å². The molecule has 0 bridgehead atoms. The Bertz CT molecular complexity index is 821. The van der Waals surface area contributed by atoms with Crippen molar-refractivity contribution >= 4 is 17.3 Å². The zero-order valence-corrected chi connectivity index (χ0v) is 17.1. The highest BCUT2D eigenvalue weighted by Gasteiger charge is 2.22. The monoisotopic (exact) mass is 384 g/mol. The van der Waals surface area contributed by atoms with Crippen LogP contribution in [0, 0.1) is 5.82 Å². The van der Waals surface area contributed by atoms with Crippen LogP contribution >= 0.6 is 0 Å². The smallest absolute Gasteiger partial charge is 0.265 e. The highest BCUT2D eigenvalue weighted by atomic mass is 19.1. The molecule has 28 heavy (non-hydrogen) atoms. The molecule has 150 valence electrons. The molecule has 0 saturated carbocycles. The van der Waals surface area contributed by atoms with Crippen LogP contribution in [0.15, 0.2) is 42.5 Å². The van der Waals surface area contributed by atoms with E-state index in [1.165, 1.54) is 11.6 Å². The number of nitrogens with one attached hydrogen (secondary N) is 1. The summed E-state index contributed by atoms with van der Waals surface area (Å²) in [5, 5.41) is 2.73. The summed E-state index contributed by atoms with van der Waals surface area (Å²) in [6, 6.07) is 12.6. The van der Waals surface area contributed by atoms with E-state index in [-0.39, 0.29) is 17.0 Å². The number of carbonyl (C=O) groups excluding carboxylic acids is 1. The van der Waals surface area contributed by atoms with Crippen molar-refractivity contribution in [3.8, 4) is 5.75 Å². The van der Waals surface area contributed by atoms with Gasteiger partial charge in [0.05, 0.1) is 5.69 Å². The first-order chi connectivity index (χ1) is 13.3. The van der Waals surface area contributed by atoms with Crippen molar-refractivity contribution in [3.05, 3.63) is 53.8 Å². The molecule has 1 saturated heterocycles. The number of benzene rings is 2. The summed E-state index contributed by atoms with van der Waals surface area (Å²) in [7, 11) is 0. The van der Waals surface area contributed by atoms with Crippen molar-refractivity contribution in [3.63, 3.8) is 0 Å². The fraction of sp³-hybridized carbons (Fsp3) is 0.435. The van der Waals surface area contributed by atoms with Gasteiger partial charge in [0.2, 0.25) is 0 Å². The SMILES string of the molecule is CC(Oc1ccc(C(C)(C)C)cc1)C(=O)Nc1c(F)cccc1N1CCCC1. The van der Waals surface area contributed by atoms with Crippen LogP contribution in [0.2, 0.25) is 0 Å². The second-order valence-corrected chi connectivity index (χ2v) is 8.35. The molecular weight excluding hydrogens is 355 g/mol. The van der Waals surface area contributed by atoms with Crippen LogP contribution in [-0.4, -0.2) is 25.1 Å². The number of carbonyl (C=O) groups is 1. The normalized spacial score (nSPS) is 15.4. The van der Waals surface area contributed by atoms with E-state index in [1.807, 2.05) is 30.3 Å². The first-order valence-electron chi connectivity index (χ1n) is 9.87. The number of amides is 1. The van der Waals surface area contributed by atoms with Gasteiger partial charge < -0.3 is 15.0 Å². The van der Waals surface area contributed by atoms with Crippen molar-refractivity contribution in [2.24, 2.45) is 0 Å². The average Bonchev–Trinajstić information content (AvgIpc) is 3.17. The Labute approximate surface area is 166 Å². The van der Waals surface area contributed by atoms with Crippen molar-refractivity contribution in [1.29, 1.82) is 0 Å². The van der Waals surface area contributed by atoms with Gasteiger partial charge in [0.25, 0.3) is 5.91 Å². The summed E-state index contributed by atoms with van der Waals surface area (Å²) in [4.78, 5) is 14.7. The number of ether oxygens (including phenoxy) is 1. The molecule has 0 spiro atoms. The molecule has 0 aromatic heterocycles. The minimum absolute atomic E-state index is 0.0539. The van der Waals surface area contributed by atoms with E-state index >= 15 is 0 Å². The zero-order chi connectivity index (χ0) is 20.3. The highest BCUT2D eigenvalue weighted by Crippen LogP contribution is 2.31. The first kappa shape index (κ1) is 20.2. The summed E-state index contributed by atoms with van der Waals surface area (Å²) in [6.07, 6.45) is 1.41. The van der Waals surface area contributed by atoms with Gasteiger partial charge in [-0.3, -0.25) is 4.79 Å². The van der Waals surface area contributed by atoms with Crippen LogP contribution in [0.25, 0.3) is 0 Å². The van der Waals surface area contributed by atoms with Crippen LogP contribution in [0.4, 0.5) is 15.8 Å². The van der Waals surface area contributed by atoms with Gasteiger partial charge in [-0.1, -0.05) is 39.0 Å². The van der Waals surface area contributed by atoms with Crippen LogP contribution in [0.1, 0.15) is 46.1 Å². The molecule has 1 fully saturated rings. The van der Waals surface area contributed by atoms with Crippen molar-refractivity contribution in [2.45, 2.75) is 52.1 Å². The molecule has 3 rings (SSSR count). The van der Waals surface area contributed by atoms with E-state index < -0.39 is 11.9 Å². The van der Waals surface area contributed by atoms with Gasteiger partial charge in [-0.25, -0.2) is 4.39 Å². The number of anilines is 2. The molecule has 2 aromatic carbocycles. The molecule has 0 aliphatic carbocycles. The van der Waals surface area contributed by atoms with Crippen LogP contribution in [-0.2, 0) is 10.2 Å². The van der Waals surface area contributed by atoms with Gasteiger partial charge in [-0.05, 0) is 55.0 Å². The van der Waals surface area contributed by atoms with Gasteiger partial charge in [-0.15, -0.1) is 0 Å². The molecule has 1 unspecified atom stereocenters. The fourth-order valence-electron chi connectivity index (χ4n) is 3.37. The molecule has 1 aliphatic rings. The second kappa shape index (κ2) is 8.21. The lowest BCUT2D eigenvalue weighted by Crippen LogP contribution is -2.31. The maximum absolute atomic E-state index is 14.4. The Morgan fingerprint density at radius 2 is 1.75 bits per heavy atom. The summed E-state index contributed by atoms with van der Waals surface area (Å²) in [5.41, 5.74) is 2.21. The van der Waals surface area contributed by atoms with Gasteiger partial charge in [0.15, 0.2) is 6.10 Å². The molecule has 1 aliphatic heterocycles. The average molecular weight is 384 g/mol. The lowest BCUT2D eigenvalue weighted by Gasteiger charge is -2.23. The molecule has 5 heteroatoms. The molecule has 1 amide bonds. The zero-order valence-electron chi connectivity index (χ0n) is 17.1. The Kier molecular flexibility index (Phi) is 5.92. The van der Waals surface area contributed by atoms with Crippen molar-refractivity contribution in [2.75, 3.05) is 23.3 Å². The third-order valence-electron chi connectivity index (χ3n) is 5.09. The fourth-order valence-corrected chi connectivity index (χ4v) is 3.37. The van der Waals surface area contributed by atoms with E-state index in [2.05, 4.69) is 31.0 Å². The second-order valence-electron chi connectivity index (χ2n) is 8.35. The van der Waals surface area contributed by atoms with E-state index in [0.29, 0.717) is 5.75 Å². The van der Waals surface area contributed by atoms with Gasteiger partial charge in [0, 0.05) is 13.1 Å². The lowest BCUT2D eigenvalue weighted by molar-refractivity contribution is -0.122. The van der Waals surface area contributed by atoms with E-state index in [4.69, 9.17) is 4.74 Å². The minimum atomic E-state index is -0.744.